The number of amides is 1. The normalized spacial score (nSPS) is 12.3. The number of hydrogen-bond acceptors (Lipinski definition) is 5. The van der Waals surface area contributed by atoms with Crippen LogP contribution in [0.25, 0.3) is 15.7 Å². The van der Waals surface area contributed by atoms with Crippen LogP contribution >= 0.6 is 11.3 Å². The van der Waals surface area contributed by atoms with Gasteiger partial charge in [-0.15, -0.1) is 11.3 Å². The van der Waals surface area contributed by atoms with Gasteiger partial charge in [-0.05, 0) is 51.1 Å². The Morgan fingerprint density at radius 1 is 0.968 bits per heavy atom. The molecule has 0 saturated carbocycles. The highest BCUT2D eigenvalue weighted by atomic mass is 32.1. The molecule has 0 unspecified atom stereocenters. The van der Waals surface area contributed by atoms with Gasteiger partial charge in [0.2, 0.25) is 0 Å². The van der Waals surface area contributed by atoms with Crippen molar-refractivity contribution in [3.05, 3.63) is 75.8 Å². The summed E-state index contributed by atoms with van der Waals surface area (Å²) in [4.78, 5) is 26.7. The first kappa shape index (κ1) is 22.6. The van der Waals surface area contributed by atoms with Gasteiger partial charge >= 0.3 is 12.1 Å². The van der Waals surface area contributed by atoms with Crippen molar-refractivity contribution in [3.8, 4) is 0 Å². The standard InChI is InChI=1S/C25H27NO4S/c1-15-16(2)31-22-18(15)13-10-14-19(22)20(17-11-8-7-9-12-17)21(23(27)29-6)26-24(28)30-25(3,4)5/h7-14H,1-6H3,(H,26,28)/b21-20+. The van der Waals surface area contributed by atoms with Crippen molar-refractivity contribution in [1.82, 2.24) is 5.32 Å². The monoisotopic (exact) mass is 437 g/mol. The molecule has 0 bridgehead atoms. The summed E-state index contributed by atoms with van der Waals surface area (Å²) in [6.45, 7) is 9.47. The van der Waals surface area contributed by atoms with Crippen molar-refractivity contribution in [2.24, 2.45) is 0 Å². The van der Waals surface area contributed by atoms with Gasteiger partial charge < -0.3 is 9.47 Å². The summed E-state index contributed by atoms with van der Waals surface area (Å²) >= 11 is 1.66. The van der Waals surface area contributed by atoms with Crippen LogP contribution in [0.4, 0.5) is 4.79 Å². The molecule has 3 aromatic rings. The molecule has 0 spiro atoms. The zero-order valence-electron chi connectivity index (χ0n) is 18.7. The third-order valence-corrected chi connectivity index (χ3v) is 6.06. The molecule has 1 heterocycles. The van der Waals surface area contributed by atoms with Crippen LogP contribution in [0.1, 0.15) is 42.3 Å². The maximum atomic E-state index is 12.9. The number of thiophene rings is 1. The van der Waals surface area contributed by atoms with Gasteiger partial charge in [-0.2, -0.15) is 0 Å². The molecule has 162 valence electrons. The van der Waals surface area contributed by atoms with Gasteiger partial charge in [0, 0.05) is 20.7 Å². The van der Waals surface area contributed by atoms with Crippen LogP contribution < -0.4 is 5.32 Å². The van der Waals surface area contributed by atoms with Crippen molar-refractivity contribution >= 4 is 39.1 Å². The van der Waals surface area contributed by atoms with Gasteiger partial charge in [0.25, 0.3) is 0 Å². The quantitative estimate of drug-likeness (QED) is 0.403. The molecule has 1 amide bonds. The SMILES string of the molecule is COC(=O)/C(NC(=O)OC(C)(C)C)=C(/c1ccccc1)c1cccc2c(C)c(C)sc12. The lowest BCUT2D eigenvalue weighted by Crippen LogP contribution is -2.35. The Bertz CT molecular complexity index is 1150. The van der Waals surface area contributed by atoms with Crippen molar-refractivity contribution in [2.45, 2.75) is 40.2 Å². The van der Waals surface area contributed by atoms with Crippen LogP contribution in [0.15, 0.2) is 54.2 Å². The summed E-state index contributed by atoms with van der Waals surface area (Å²) < 4.78 is 11.5. The van der Waals surface area contributed by atoms with E-state index in [1.165, 1.54) is 17.6 Å². The number of ether oxygens (including phenoxy) is 2. The molecule has 31 heavy (non-hydrogen) atoms. The molecule has 5 nitrogen and oxygen atoms in total. The molecule has 1 N–H and O–H groups in total. The minimum Gasteiger partial charge on any atom is -0.464 e. The molecule has 0 atom stereocenters. The lowest BCUT2D eigenvalue weighted by atomic mass is 9.94. The predicted molar refractivity (Wildman–Crippen MR) is 125 cm³/mol. The van der Waals surface area contributed by atoms with E-state index in [0.29, 0.717) is 5.57 Å². The van der Waals surface area contributed by atoms with Crippen molar-refractivity contribution < 1.29 is 19.1 Å². The highest BCUT2D eigenvalue weighted by molar-refractivity contribution is 7.19. The van der Waals surface area contributed by atoms with Crippen LogP contribution in [0.5, 0.6) is 0 Å². The van der Waals surface area contributed by atoms with Crippen molar-refractivity contribution in [2.75, 3.05) is 7.11 Å². The summed E-state index contributed by atoms with van der Waals surface area (Å²) in [5, 5.41) is 3.78. The number of carbonyl (C=O) groups excluding carboxylic acids is 2. The molecule has 1 aromatic heterocycles. The van der Waals surface area contributed by atoms with E-state index in [-0.39, 0.29) is 5.70 Å². The third-order valence-electron chi connectivity index (χ3n) is 4.80. The molecule has 0 aliphatic rings. The Balaban J connectivity index is 2.31. The number of fused-ring (bicyclic) bond motifs is 1. The van der Waals surface area contributed by atoms with Gasteiger partial charge in [0.05, 0.1) is 7.11 Å². The molecule has 3 rings (SSSR count). The van der Waals surface area contributed by atoms with Crippen LogP contribution in [0.2, 0.25) is 0 Å². The van der Waals surface area contributed by atoms with Gasteiger partial charge in [-0.1, -0.05) is 48.5 Å². The number of benzene rings is 2. The van der Waals surface area contributed by atoms with Gasteiger partial charge in [-0.3, -0.25) is 5.32 Å². The Morgan fingerprint density at radius 3 is 2.26 bits per heavy atom. The number of rotatable bonds is 4. The summed E-state index contributed by atoms with van der Waals surface area (Å²) in [5.74, 6) is -0.647. The summed E-state index contributed by atoms with van der Waals surface area (Å²) in [7, 11) is 1.29. The Labute approximate surface area is 186 Å². The van der Waals surface area contributed by atoms with E-state index in [1.54, 1.807) is 32.1 Å². The first-order chi connectivity index (χ1) is 14.6. The molecular formula is C25H27NO4S. The number of methoxy groups -OCH3 is 1. The van der Waals surface area contributed by atoms with E-state index in [1.807, 2.05) is 42.5 Å². The number of nitrogens with one attached hydrogen (secondary N) is 1. The lowest BCUT2D eigenvalue weighted by molar-refractivity contribution is -0.136. The fourth-order valence-electron chi connectivity index (χ4n) is 3.32. The van der Waals surface area contributed by atoms with Crippen LogP contribution in [-0.4, -0.2) is 24.8 Å². The average molecular weight is 438 g/mol. The van der Waals surface area contributed by atoms with Gasteiger partial charge in [0.15, 0.2) is 0 Å². The predicted octanol–water partition coefficient (Wildman–Crippen LogP) is 5.98. The molecular weight excluding hydrogens is 410 g/mol. The molecule has 0 radical (unpaired) electrons. The summed E-state index contributed by atoms with van der Waals surface area (Å²) in [6, 6.07) is 15.5. The zero-order chi connectivity index (χ0) is 22.8. The second-order valence-corrected chi connectivity index (χ2v) is 9.42. The van der Waals surface area contributed by atoms with Crippen LogP contribution in [-0.2, 0) is 14.3 Å². The van der Waals surface area contributed by atoms with Crippen LogP contribution in [0.3, 0.4) is 0 Å². The highest BCUT2D eigenvalue weighted by Gasteiger charge is 2.26. The van der Waals surface area contributed by atoms with Crippen LogP contribution in [0, 0.1) is 13.8 Å². The number of hydrogen-bond donors (Lipinski definition) is 1. The number of alkyl carbamates (subject to hydrolysis) is 1. The van der Waals surface area contributed by atoms with E-state index in [4.69, 9.17) is 9.47 Å². The third kappa shape index (κ3) is 4.97. The van der Waals surface area contributed by atoms with Gasteiger partial charge in [0.1, 0.15) is 11.3 Å². The zero-order valence-corrected chi connectivity index (χ0v) is 19.5. The second kappa shape index (κ2) is 8.94. The van der Waals surface area contributed by atoms with E-state index in [9.17, 15) is 9.59 Å². The summed E-state index contributed by atoms with van der Waals surface area (Å²) in [6.07, 6.45) is -0.716. The Hall–Kier alpha value is -3.12. The molecule has 0 saturated heterocycles. The first-order valence-corrected chi connectivity index (χ1v) is 10.8. The average Bonchev–Trinajstić information content (AvgIpc) is 3.01. The number of carbonyl (C=O) groups is 2. The second-order valence-electron chi connectivity index (χ2n) is 8.20. The minimum atomic E-state index is -0.716. The Kier molecular flexibility index (Phi) is 6.51. The van der Waals surface area contributed by atoms with E-state index < -0.39 is 17.7 Å². The largest absolute Gasteiger partial charge is 0.464 e. The fourth-order valence-corrected chi connectivity index (χ4v) is 4.50. The molecule has 0 aliphatic carbocycles. The molecule has 0 fully saturated rings. The lowest BCUT2D eigenvalue weighted by Gasteiger charge is -2.21. The highest BCUT2D eigenvalue weighted by Crippen LogP contribution is 2.38. The Morgan fingerprint density at radius 2 is 1.65 bits per heavy atom. The van der Waals surface area contributed by atoms with Crippen molar-refractivity contribution in [3.63, 3.8) is 0 Å². The minimum absolute atomic E-state index is 0.0409. The molecule has 6 heteroatoms. The fraction of sp³-hybridized carbons (Fsp3) is 0.280. The summed E-state index contributed by atoms with van der Waals surface area (Å²) in [5.41, 5.74) is 2.76. The molecule has 2 aromatic carbocycles. The number of esters is 1. The van der Waals surface area contributed by atoms with E-state index in [0.717, 1.165) is 21.2 Å². The topological polar surface area (TPSA) is 64.6 Å². The smallest absolute Gasteiger partial charge is 0.412 e. The van der Waals surface area contributed by atoms with Crippen molar-refractivity contribution in [1.29, 1.82) is 0 Å². The number of aryl methyl sites for hydroxylation is 2. The first-order valence-electron chi connectivity index (χ1n) is 9.99. The molecule has 0 aliphatic heterocycles. The van der Waals surface area contributed by atoms with Gasteiger partial charge in [-0.25, -0.2) is 9.59 Å². The maximum absolute atomic E-state index is 12.9. The maximum Gasteiger partial charge on any atom is 0.412 e. The van der Waals surface area contributed by atoms with E-state index in [2.05, 4.69) is 25.2 Å². The van der Waals surface area contributed by atoms with E-state index >= 15 is 0 Å².